The van der Waals surface area contributed by atoms with Crippen molar-refractivity contribution in [3.05, 3.63) is 0 Å². The van der Waals surface area contributed by atoms with Crippen LogP contribution >= 0.6 is 0 Å². The number of nitrogens with two attached hydrogens (primary N) is 1. The quantitative estimate of drug-likeness (QED) is 0.753. The van der Waals surface area contributed by atoms with Crippen LogP contribution in [0.15, 0.2) is 0 Å². The van der Waals surface area contributed by atoms with Crippen LogP contribution in [-0.4, -0.2) is 19.1 Å². The second-order valence-electron chi connectivity index (χ2n) is 6.84. The van der Waals surface area contributed by atoms with E-state index in [1.807, 2.05) is 0 Å². The van der Waals surface area contributed by atoms with Crippen molar-refractivity contribution in [2.24, 2.45) is 23.5 Å². The molecule has 0 amide bonds. The zero-order valence-corrected chi connectivity index (χ0v) is 12.2. The highest BCUT2D eigenvalue weighted by atomic mass is 14.9. The van der Waals surface area contributed by atoms with Gasteiger partial charge in [-0.05, 0) is 75.8 Å². The fraction of sp³-hybridized carbons (Fsp3) is 1.00. The summed E-state index contributed by atoms with van der Waals surface area (Å²) in [6.07, 6.45) is 12.6. The van der Waals surface area contributed by atoms with Gasteiger partial charge in [-0.1, -0.05) is 19.8 Å². The van der Waals surface area contributed by atoms with Crippen LogP contribution in [0.5, 0.6) is 0 Å². The smallest absolute Gasteiger partial charge is 0.00672 e. The molecular weight excluding hydrogens is 220 g/mol. The average Bonchev–Trinajstić information content (AvgIpc) is 2.62. The van der Waals surface area contributed by atoms with Gasteiger partial charge in [0.2, 0.25) is 0 Å². The molecule has 0 aromatic rings. The molecule has 2 unspecified atom stereocenters. The molecule has 0 bridgehead atoms. The van der Waals surface area contributed by atoms with E-state index in [0.29, 0.717) is 0 Å². The molecule has 2 atom stereocenters. The van der Waals surface area contributed by atoms with Crippen molar-refractivity contribution in [2.75, 3.05) is 13.1 Å². The normalized spacial score (nSPS) is 38.3. The molecular formula is C16H32N2. The summed E-state index contributed by atoms with van der Waals surface area (Å²) in [5, 5.41) is 3.85. The Hall–Kier alpha value is -0.0800. The van der Waals surface area contributed by atoms with E-state index < -0.39 is 0 Å². The van der Waals surface area contributed by atoms with E-state index in [0.717, 1.165) is 30.3 Å². The van der Waals surface area contributed by atoms with E-state index in [1.165, 1.54) is 64.3 Å². The molecule has 0 heterocycles. The van der Waals surface area contributed by atoms with Crippen LogP contribution in [-0.2, 0) is 0 Å². The summed E-state index contributed by atoms with van der Waals surface area (Å²) in [5.74, 6) is 2.70. The molecule has 2 aliphatic rings. The lowest BCUT2D eigenvalue weighted by atomic mass is 9.82. The van der Waals surface area contributed by atoms with Crippen LogP contribution in [0.4, 0.5) is 0 Å². The van der Waals surface area contributed by atoms with E-state index >= 15 is 0 Å². The van der Waals surface area contributed by atoms with Gasteiger partial charge in [0.05, 0.1) is 0 Å². The van der Waals surface area contributed by atoms with Crippen LogP contribution in [0.2, 0.25) is 0 Å². The molecule has 0 radical (unpaired) electrons. The van der Waals surface area contributed by atoms with Gasteiger partial charge in [-0.3, -0.25) is 0 Å². The number of hydrogen-bond donors (Lipinski definition) is 2. The summed E-state index contributed by atoms with van der Waals surface area (Å²) < 4.78 is 0. The first-order valence-corrected chi connectivity index (χ1v) is 8.21. The van der Waals surface area contributed by atoms with Gasteiger partial charge < -0.3 is 11.1 Å². The fourth-order valence-corrected chi connectivity index (χ4v) is 3.70. The molecule has 2 heteroatoms. The molecule has 2 aliphatic carbocycles. The SMILES string of the molecule is CC1CCCC(NCC2CCC(CN)CC2)CC1. The molecule has 18 heavy (non-hydrogen) atoms. The fourth-order valence-electron chi connectivity index (χ4n) is 3.70. The van der Waals surface area contributed by atoms with Gasteiger partial charge in [0.15, 0.2) is 0 Å². The Morgan fingerprint density at radius 1 is 0.889 bits per heavy atom. The summed E-state index contributed by atoms with van der Waals surface area (Å²) in [6, 6.07) is 0.808. The van der Waals surface area contributed by atoms with Crippen molar-refractivity contribution in [3.8, 4) is 0 Å². The summed E-state index contributed by atoms with van der Waals surface area (Å²) in [5.41, 5.74) is 5.75. The third-order valence-corrected chi connectivity index (χ3v) is 5.25. The minimum atomic E-state index is 0.808. The topological polar surface area (TPSA) is 38.0 Å². The number of nitrogens with one attached hydrogen (secondary N) is 1. The monoisotopic (exact) mass is 252 g/mol. The third kappa shape index (κ3) is 4.55. The summed E-state index contributed by atoms with van der Waals surface area (Å²) in [6.45, 7) is 4.58. The van der Waals surface area contributed by atoms with Crippen molar-refractivity contribution in [3.63, 3.8) is 0 Å². The van der Waals surface area contributed by atoms with Crippen LogP contribution in [0.1, 0.15) is 64.7 Å². The summed E-state index contributed by atoms with van der Waals surface area (Å²) in [4.78, 5) is 0. The first kappa shape index (κ1) is 14.3. The molecule has 0 aromatic heterocycles. The molecule has 106 valence electrons. The molecule has 2 rings (SSSR count). The highest BCUT2D eigenvalue weighted by Gasteiger charge is 2.21. The van der Waals surface area contributed by atoms with Gasteiger partial charge in [-0.25, -0.2) is 0 Å². The average molecular weight is 252 g/mol. The molecule has 0 aromatic carbocycles. The Kier molecular flexibility index (Phi) is 5.97. The number of hydrogen-bond acceptors (Lipinski definition) is 2. The first-order valence-electron chi connectivity index (χ1n) is 8.21. The van der Waals surface area contributed by atoms with E-state index in [9.17, 15) is 0 Å². The lowest BCUT2D eigenvalue weighted by Crippen LogP contribution is -2.35. The van der Waals surface area contributed by atoms with Gasteiger partial charge in [0.25, 0.3) is 0 Å². The van der Waals surface area contributed by atoms with Crippen LogP contribution in [0.3, 0.4) is 0 Å². The predicted octanol–water partition coefficient (Wildman–Crippen LogP) is 3.31. The number of rotatable bonds is 4. The Balaban J connectivity index is 1.62. The molecule has 3 N–H and O–H groups in total. The van der Waals surface area contributed by atoms with Crippen molar-refractivity contribution in [1.82, 2.24) is 5.32 Å². The van der Waals surface area contributed by atoms with Crippen molar-refractivity contribution < 1.29 is 0 Å². The lowest BCUT2D eigenvalue weighted by molar-refractivity contribution is 0.262. The maximum atomic E-state index is 5.75. The molecule has 2 saturated carbocycles. The summed E-state index contributed by atoms with van der Waals surface area (Å²) in [7, 11) is 0. The van der Waals surface area contributed by atoms with Crippen LogP contribution in [0.25, 0.3) is 0 Å². The predicted molar refractivity (Wildman–Crippen MR) is 78.5 cm³/mol. The van der Waals surface area contributed by atoms with Gasteiger partial charge in [0, 0.05) is 6.04 Å². The summed E-state index contributed by atoms with van der Waals surface area (Å²) >= 11 is 0. The van der Waals surface area contributed by atoms with Gasteiger partial charge >= 0.3 is 0 Å². The molecule has 0 aliphatic heterocycles. The largest absolute Gasteiger partial charge is 0.330 e. The van der Waals surface area contributed by atoms with E-state index in [1.54, 1.807) is 0 Å². The Bertz CT molecular complexity index is 221. The maximum Gasteiger partial charge on any atom is 0.00672 e. The Labute approximate surface area is 113 Å². The van der Waals surface area contributed by atoms with E-state index in [2.05, 4.69) is 12.2 Å². The van der Waals surface area contributed by atoms with Gasteiger partial charge in [-0.2, -0.15) is 0 Å². The highest BCUT2D eigenvalue weighted by Crippen LogP contribution is 2.28. The van der Waals surface area contributed by atoms with E-state index in [-0.39, 0.29) is 0 Å². The third-order valence-electron chi connectivity index (χ3n) is 5.25. The van der Waals surface area contributed by atoms with Gasteiger partial charge in [0.1, 0.15) is 0 Å². The minimum absolute atomic E-state index is 0.808. The lowest BCUT2D eigenvalue weighted by Gasteiger charge is -2.29. The molecule has 0 spiro atoms. The highest BCUT2D eigenvalue weighted by molar-refractivity contribution is 4.78. The second-order valence-corrected chi connectivity index (χ2v) is 6.84. The molecule has 2 nitrogen and oxygen atoms in total. The van der Waals surface area contributed by atoms with Crippen LogP contribution < -0.4 is 11.1 Å². The minimum Gasteiger partial charge on any atom is -0.330 e. The van der Waals surface area contributed by atoms with Gasteiger partial charge in [-0.15, -0.1) is 0 Å². The van der Waals surface area contributed by atoms with Crippen LogP contribution in [0, 0.1) is 17.8 Å². The van der Waals surface area contributed by atoms with E-state index in [4.69, 9.17) is 5.73 Å². The standard InChI is InChI=1S/C16H32N2/c1-13-3-2-4-16(10-5-13)18-12-15-8-6-14(11-17)7-9-15/h13-16,18H,2-12,17H2,1H3. The Morgan fingerprint density at radius 2 is 1.61 bits per heavy atom. The Morgan fingerprint density at radius 3 is 2.33 bits per heavy atom. The molecule has 0 saturated heterocycles. The second kappa shape index (κ2) is 7.49. The van der Waals surface area contributed by atoms with Crippen molar-refractivity contribution in [2.45, 2.75) is 70.8 Å². The zero-order chi connectivity index (χ0) is 12.8. The maximum absolute atomic E-state index is 5.75. The molecule has 2 fully saturated rings. The van der Waals surface area contributed by atoms with Crippen molar-refractivity contribution in [1.29, 1.82) is 0 Å². The zero-order valence-electron chi connectivity index (χ0n) is 12.2. The van der Waals surface area contributed by atoms with Crippen molar-refractivity contribution >= 4 is 0 Å². The first-order chi connectivity index (χ1) is 8.78.